The number of rotatable bonds is 4. The number of thioether (sulfide) groups is 1. The lowest BCUT2D eigenvalue weighted by molar-refractivity contribution is 0.100. The molecule has 4 rings (SSSR count). The first-order chi connectivity index (χ1) is 13.4. The number of amidine groups is 1. The molecule has 5 nitrogen and oxygen atoms in total. The zero-order valence-electron chi connectivity index (χ0n) is 15.0. The van der Waals surface area contributed by atoms with Gasteiger partial charge in [0.25, 0.3) is 5.91 Å². The number of fused-ring (bicyclic) bond motifs is 1. The van der Waals surface area contributed by atoms with Gasteiger partial charge in [-0.25, -0.2) is 8.42 Å². The summed E-state index contributed by atoms with van der Waals surface area (Å²) < 4.78 is 24.2. The number of hydrogen-bond donors (Lipinski definition) is 0. The quantitative estimate of drug-likeness (QED) is 0.738. The van der Waals surface area contributed by atoms with E-state index in [2.05, 4.69) is 4.99 Å². The number of carbonyl (C=O) groups excluding carboxylic acids is 1. The van der Waals surface area contributed by atoms with Crippen LogP contribution in [0.15, 0.2) is 59.6 Å². The van der Waals surface area contributed by atoms with Crippen molar-refractivity contribution < 1.29 is 13.2 Å². The van der Waals surface area contributed by atoms with E-state index in [-0.39, 0.29) is 28.7 Å². The summed E-state index contributed by atoms with van der Waals surface area (Å²) in [5.74, 6) is -0.0851. The first kappa shape index (κ1) is 19.5. The van der Waals surface area contributed by atoms with E-state index in [1.54, 1.807) is 24.3 Å². The third kappa shape index (κ3) is 4.26. The molecule has 8 heteroatoms. The molecule has 0 aliphatic carbocycles. The Balaban J connectivity index is 1.57. The minimum Gasteiger partial charge on any atom is -0.346 e. The van der Waals surface area contributed by atoms with Crippen LogP contribution < -0.4 is 0 Å². The molecule has 2 aliphatic rings. The standard InChI is InChI=1S/C20H19ClN2O3S2/c21-16-8-6-15(7-9-16)19(24)22-20-23(11-10-14-4-2-1-3-5-14)17-12-28(25,26)13-18(17)27-20/h1-9,17-18H,10-13H2/t17-,18+/m1/s1. The molecule has 2 aliphatic heterocycles. The van der Waals surface area contributed by atoms with Crippen molar-refractivity contribution in [3.63, 3.8) is 0 Å². The van der Waals surface area contributed by atoms with E-state index in [4.69, 9.17) is 11.6 Å². The summed E-state index contributed by atoms with van der Waals surface area (Å²) in [6.07, 6.45) is 0.763. The van der Waals surface area contributed by atoms with E-state index in [9.17, 15) is 13.2 Å². The summed E-state index contributed by atoms with van der Waals surface area (Å²) in [6, 6.07) is 16.5. The van der Waals surface area contributed by atoms with Crippen LogP contribution in [0.1, 0.15) is 15.9 Å². The van der Waals surface area contributed by atoms with E-state index in [0.717, 1.165) is 6.42 Å². The molecule has 2 aromatic carbocycles. The van der Waals surface area contributed by atoms with Crippen molar-refractivity contribution in [2.75, 3.05) is 18.1 Å². The van der Waals surface area contributed by atoms with E-state index < -0.39 is 9.84 Å². The van der Waals surface area contributed by atoms with Crippen LogP contribution >= 0.6 is 23.4 Å². The van der Waals surface area contributed by atoms with Gasteiger partial charge in [-0.3, -0.25) is 4.79 Å². The molecule has 2 atom stereocenters. The Morgan fingerprint density at radius 2 is 1.82 bits per heavy atom. The van der Waals surface area contributed by atoms with Crippen molar-refractivity contribution in [1.29, 1.82) is 0 Å². The third-order valence-electron chi connectivity index (χ3n) is 4.95. The number of amides is 1. The van der Waals surface area contributed by atoms with Gasteiger partial charge in [0.1, 0.15) is 0 Å². The van der Waals surface area contributed by atoms with Crippen molar-refractivity contribution in [1.82, 2.24) is 4.90 Å². The summed E-state index contributed by atoms with van der Waals surface area (Å²) >= 11 is 7.29. The molecule has 2 aromatic rings. The fraction of sp³-hybridized carbons (Fsp3) is 0.300. The van der Waals surface area contributed by atoms with Gasteiger partial charge in [0.15, 0.2) is 15.0 Å². The average Bonchev–Trinajstić information content (AvgIpc) is 3.12. The van der Waals surface area contributed by atoms with Crippen molar-refractivity contribution in [2.24, 2.45) is 4.99 Å². The molecule has 0 N–H and O–H groups in total. The van der Waals surface area contributed by atoms with Gasteiger partial charge in [-0.2, -0.15) is 4.99 Å². The van der Waals surface area contributed by atoms with E-state index in [0.29, 0.717) is 22.3 Å². The number of hydrogen-bond acceptors (Lipinski definition) is 4. The molecular formula is C20H19ClN2O3S2. The molecule has 1 amide bonds. The molecule has 0 aromatic heterocycles. The average molecular weight is 435 g/mol. The Morgan fingerprint density at radius 3 is 2.54 bits per heavy atom. The van der Waals surface area contributed by atoms with Gasteiger partial charge in [-0.05, 0) is 36.2 Å². The minimum absolute atomic E-state index is 0.0717. The highest BCUT2D eigenvalue weighted by atomic mass is 35.5. The third-order valence-corrected chi connectivity index (χ3v) is 8.45. The van der Waals surface area contributed by atoms with Crippen LogP contribution in [0.25, 0.3) is 0 Å². The lowest BCUT2D eigenvalue weighted by Gasteiger charge is -2.24. The molecule has 0 bridgehead atoms. The zero-order valence-corrected chi connectivity index (χ0v) is 17.4. The molecule has 2 fully saturated rings. The molecule has 0 spiro atoms. The Hall–Kier alpha value is -1.83. The normalized spacial score (nSPS) is 24.5. The predicted octanol–water partition coefficient (Wildman–Crippen LogP) is 3.29. The molecule has 2 saturated heterocycles. The summed E-state index contributed by atoms with van der Waals surface area (Å²) in [7, 11) is -3.05. The number of sulfone groups is 1. The van der Waals surface area contributed by atoms with Gasteiger partial charge in [0, 0.05) is 22.4 Å². The molecular weight excluding hydrogens is 416 g/mol. The van der Waals surface area contributed by atoms with Crippen LogP contribution in [0.5, 0.6) is 0 Å². The first-order valence-electron chi connectivity index (χ1n) is 8.97. The number of nitrogens with zero attached hydrogens (tertiary/aromatic N) is 2. The van der Waals surface area contributed by atoms with E-state index in [1.165, 1.54) is 17.3 Å². The van der Waals surface area contributed by atoms with Gasteiger partial charge in [0.2, 0.25) is 0 Å². The van der Waals surface area contributed by atoms with Crippen LogP contribution in [-0.2, 0) is 16.3 Å². The SMILES string of the molecule is O=C(N=C1S[C@H]2CS(=O)(=O)C[C@H]2N1CCc1ccccc1)c1ccc(Cl)cc1. The zero-order chi connectivity index (χ0) is 19.7. The molecule has 146 valence electrons. The highest BCUT2D eigenvalue weighted by Gasteiger charge is 2.48. The number of aliphatic imine (C=N–C) groups is 1. The Kier molecular flexibility index (Phi) is 5.49. The van der Waals surface area contributed by atoms with Gasteiger partial charge in [0.05, 0.1) is 17.5 Å². The predicted molar refractivity (Wildman–Crippen MR) is 114 cm³/mol. The molecule has 0 radical (unpaired) electrons. The summed E-state index contributed by atoms with van der Waals surface area (Å²) in [4.78, 5) is 18.9. The molecule has 0 saturated carbocycles. The fourth-order valence-electron chi connectivity index (χ4n) is 3.54. The van der Waals surface area contributed by atoms with Crippen LogP contribution in [0.4, 0.5) is 0 Å². The highest BCUT2D eigenvalue weighted by molar-refractivity contribution is 8.15. The second kappa shape index (κ2) is 7.89. The second-order valence-electron chi connectivity index (χ2n) is 6.94. The van der Waals surface area contributed by atoms with Gasteiger partial charge in [-0.15, -0.1) is 0 Å². The number of benzene rings is 2. The van der Waals surface area contributed by atoms with Crippen LogP contribution in [0.2, 0.25) is 5.02 Å². The molecule has 0 unspecified atom stereocenters. The maximum Gasteiger partial charge on any atom is 0.279 e. The van der Waals surface area contributed by atoms with Crippen molar-refractivity contribution in [3.8, 4) is 0 Å². The van der Waals surface area contributed by atoms with Crippen molar-refractivity contribution in [3.05, 3.63) is 70.7 Å². The Morgan fingerprint density at radius 1 is 1.11 bits per heavy atom. The van der Waals surface area contributed by atoms with Crippen molar-refractivity contribution in [2.45, 2.75) is 17.7 Å². The van der Waals surface area contributed by atoms with E-state index in [1.807, 2.05) is 35.2 Å². The van der Waals surface area contributed by atoms with Gasteiger partial charge < -0.3 is 4.90 Å². The maximum atomic E-state index is 12.6. The molecule has 28 heavy (non-hydrogen) atoms. The largest absolute Gasteiger partial charge is 0.346 e. The van der Waals surface area contributed by atoms with Gasteiger partial charge >= 0.3 is 0 Å². The Labute approximate surface area is 173 Å². The van der Waals surface area contributed by atoms with E-state index >= 15 is 0 Å². The smallest absolute Gasteiger partial charge is 0.279 e. The Bertz CT molecular complexity index is 1010. The summed E-state index contributed by atoms with van der Waals surface area (Å²) in [5.41, 5.74) is 1.63. The lowest BCUT2D eigenvalue weighted by Crippen LogP contribution is -2.39. The number of carbonyl (C=O) groups is 1. The summed E-state index contributed by atoms with van der Waals surface area (Å²) in [5, 5.41) is 1.10. The van der Waals surface area contributed by atoms with Crippen LogP contribution in [0.3, 0.4) is 0 Å². The van der Waals surface area contributed by atoms with Crippen LogP contribution in [0, 0.1) is 0 Å². The monoisotopic (exact) mass is 434 g/mol. The van der Waals surface area contributed by atoms with Crippen LogP contribution in [-0.4, -0.2) is 53.7 Å². The lowest BCUT2D eigenvalue weighted by atomic mass is 10.1. The van der Waals surface area contributed by atoms with Gasteiger partial charge in [-0.1, -0.05) is 53.7 Å². The fourth-order valence-corrected chi connectivity index (χ4v) is 7.64. The summed E-state index contributed by atoms with van der Waals surface area (Å²) in [6.45, 7) is 0.625. The van der Waals surface area contributed by atoms with Crippen molar-refractivity contribution >= 4 is 44.3 Å². The second-order valence-corrected chi connectivity index (χ2v) is 10.7. The highest BCUT2D eigenvalue weighted by Crippen LogP contribution is 2.38. The topological polar surface area (TPSA) is 66.8 Å². The number of halogens is 1. The molecule has 2 heterocycles. The maximum absolute atomic E-state index is 12.6. The first-order valence-corrected chi connectivity index (χ1v) is 12.1. The minimum atomic E-state index is -3.05.